The summed E-state index contributed by atoms with van der Waals surface area (Å²) in [5.41, 5.74) is 3.29. The van der Waals surface area contributed by atoms with Gasteiger partial charge in [-0.05, 0) is 31.9 Å². The summed E-state index contributed by atoms with van der Waals surface area (Å²) in [6, 6.07) is 5.93. The molecular formula is C13H15NO2. The van der Waals surface area contributed by atoms with Gasteiger partial charge in [0, 0.05) is 0 Å². The molecule has 84 valence electrons. The van der Waals surface area contributed by atoms with Crippen LogP contribution in [-0.2, 0) is 16.0 Å². The van der Waals surface area contributed by atoms with Gasteiger partial charge in [-0.15, -0.1) is 0 Å². The minimum Gasteiger partial charge on any atom is -0.466 e. The molecule has 0 aliphatic heterocycles. The Bertz CT molecular complexity index is 444. The van der Waals surface area contributed by atoms with E-state index in [1.54, 1.807) is 6.92 Å². The summed E-state index contributed by atoms with van der Waals surface area (Å²) < 4.78 is 4.88. The molecule has 3 heteroatoms. The minimum absolute atomic E-state index is 0.166. The maximum absolute atomic E-state index is 11.4. The van der Waals surface area contributed by atoms with Crippen LogP contribution in [0.3, 0.4) is 0 Å². The van der Waals surface area contributed by atoms with Crippen LogP contribution in [0.5, 0.6) is 0 Å². The van der Waals surface area contributed by atoms with Crippen LogP contribution < -0.4 is 0 Å². The second-order valence-corrected chi connectivity index (χ2v) is 3.71. The molecule has 0 amide bonds. The van der Waals surface area contributed by atoms with Crippen molar-refractivity contribution in [1.29, 1.82) is 5.26 Å². The maximum Gasteiger partial charge on any atom is 0.310 e. The molecule has 1 rings (SSSR count). The van der Waals surface area contributed by atoms with Gasteiger partial charge in [0.15, 0.2) is 0 Å². The number of hydrogen-bond donors (Lipinski definition) is 0. The van der Waals surface area contributed by atoms with Crippen molar-refractivity contribution in [1.82, 2.24) is 0 Å². The van der Waals surface area contributed by atoms with Crippen LogP contribution in [0.2, 0.25) is 0 Å². The lowest BCUT2D eigenvalue weighted by Gasteiger charge is -2.08. The van der Waals surface area contributed by atoms with Gasteiger partial charge in [0.25, 0.3) is 0 Å². The molecule has 16 heavy (non-hydrogen) atoms. The number of hydrogen-bond acceptors (Lipinski definition) is 3. The van der Waals surface area contributed by atoms with E-state index >= 15 is 0 Å². The highest BCUT2D eigenvalue weighted by Crippen LogP contribution is 2.17. The lowest BCUT2D eigenvalue weighted by atomic mass is 9.98. The Morgan fingerprint density at radius 1 is 1.44 bits per heavy atom. The summed E-state index contributed by atoms with van der Waals surface area (Å²) in [4.78, 5) is 11.4. The summed E-state index contributed by atoms with van der Waals surface area (Å²) >= 11 is 0. The number of ether oxygens (including phenoxy) is 1. The normalized spacial score (nSPS) is 9.62. The Morgan fingerprint density at radius 2 is 2.12 bits per heavy atom. The zero-order chi connectivity index (χ0) is 12.1. The van der Waals surface area contributed by atoms with Gasteiger partial charge in [-0.1, -0.05) is 17.7 Å². The SMILES string of the molecule is CCOC(=O)Cc1cc(C)cc(C)c1C#N. The van der Waals surface area contributed by atoms with Crippen LogP contribution >= 0.6 is 0 Å². The number of rotatable bonds is 3. The zero-order valence-corrected chi connectivity index (χ0v) is 9.83. The molecule has 1 aromatic rings. The highest BCUT2D eigenvalue weighted by Gasteiger charge is 2.11. The average Bonchev–Trinajstić information content (AvgIpc) is 2.17. The quantitative estimate of drug-likeness (QED) is 0.730. The van der Waals surface area contributed by atoms with Gasteiger partial charge < -0.3 is 4.74 Å². The van der Waals surface area contributed by atoms with Gasteiger partial charge in [0.2, 0.25) is 0 Å². The van der Waals surface area contributed by atoms with Gasteiger partial charge in [-0.2, -0.15) is 5.26 Å². The van der Waals surface area contributed by atoms with Gasteiger partial charge in [0.1, 0.15) is 0 Å². The number of carbonyl (C=O) groups excluding carboxylic acids is 1. The molecule has 0 aromatic heterocycles. The van der Waals surface area contributed by atoms with E-state index in [1.807, 2.05) is 26.0 Å². The number of aryl methyl sites for hydroxylation is 2. The van der Waals surface area contributed by atoms with E-state index < -0.39 is 0 Å². The molecule has 0 atom stereocenters. The van der Waals surface area contributed by atoms with Gasteiger partial charge in [-0.3, -0.25) is 4.79 Å². The van der Waals surface area contributed by atoms with Crippen molar-refractivity contribution in [2.75, 3.05) is 6.61 Å². The summed E-state index contributed by atoms with van der Waals surface area (Å²) in [6.45, 7) is 5.96. The number of nitriles is 1. The average molecular weight is 217 g/mol. The molecule has 1 aromatic carbocycles. The van der Waals surface area contributed by atoms with Crippen molar-refractivity contribution in [3.05, 3.63) is 34.4 Å². The van der Waals surface area contributed by atoms with Crippen LogP contribution in [0.4, 0.5) is 0 Å². The van der Waals surface area contributed by atoms with E-state index in [9.17, 15) is 4.79 Å². The number of nitrogens with zero attached hydrogens (tertiary/aromatic N) is 1. The van der Waals surface area contributed by atoms with Crippen molar-refractivity contribution in [3.63, 3.8) is 0 Å². The summed E-state index contributed by atoms with van der Waals surface area (Å²) in [7, 11) is 0. The second kappa shape index (κ2) is 5.32. The van der Waals surface area contributed by atoms with Gasteiger partial charge in [0.05, 0.1) is 24.7 Å². The molecule has 0 radical (unpaired) electrons. The third-order valence-corrected chi connectivity index (χ3v) is 2.31. The lowest BCUT2D eigenvalue weighted by molar-refractivity contribution is -0.142. The lowest BCUT2D eigenvalue weighted by Crippen LogP contribution is -2.09. The smallest absolute Gasteiger partial charge is 0.310 e. The number of carbonyl (C=O) groups is 1. The molecule has 0 fully saturated rings. The first-order chi connectivity index (χ1) is 7.58. The van der Waals surface area contributed by atoms with Crippen LogP contribution in [0.1, 0.15) is 29.2 Å². The Labute approximate surface area is 95.7 Å². The van der Waals surface area contributed by atoms with Crippen molar-refractivity contribution < 1.29 is 9.53 Å². The molecule has 0 aliphatic carbocycles. The van der Waals surface area contributed by atoms with E-state index in [4.69, 9.17) is 10.00 Å². The predicted octanol–water partition coefficient (Wildman–Crippen LogP) is 2.28. The highest BCUT2D eigenvalue weighted by molar-refractivity contribution is 5.74. The van der Waals surface area contributed by atoms with Crippen molar-refractivity contribution in [2.24, 2.45) is 0 Å². The topological polar surface area (TPSA) is 50.1 Å². The molecule has 0 unspecified atom stereocenters. The number of esters is 1. The number of benzene rings is 1. The van der Waals surface area contributed by atoms with Crippen LogP contribution in [0, 0.1) is 25.2 Å². The van der Waals surface area contributed by atoms with E-state index in [1.165, 1.54) is 0 Å². The second-order valence-electron chi connectivity index (χ2n) is 3.71. The Morgan fingerprint density at radius 3 is 2.69 bits per heavy atom. The van der Waals surface area contributed by atoms with Gasteiger partial charge >= 0.3 is 5.97 Å². The van der Waals surface area contributed by atoms with E-state index in [0.29, 0.717) is 12.2 Å². The Hall–Kier alpha value is -1.82. The largest absolute Gasteiger partial charge is 0.466 e. The molecule has 0 spiro atoms. The fourth-order valence-corrected chi connectivity index (χ4v) is 1.72. The molecule has 0 saturated heterocycles. The molecule has 0 saturated carbocycles. The Balaban J connectivity index is 3.04. The van der Waals surface area contributed by atoms with Crippen molar-refractivity contribution in [2.45, 2.75) is 27.2 Å². The summed E-state index contributed by atoms with van der Waals surface area (Å²) in [6.07, 6.45) is 0.166. The third-order valence-electron chi connectivity index (χ3n) is 2.31. The molecule has 3 nitrogen and oxygen atoms in total. The molecule has 0 heterocycles. The maximum atomic E-state index is 11.4. The monoisotopic (exact) mass is 217 g/mol. The first-order valence-electron chi connectivity index (χ1n) is 5.24. The molecule has 0 N–H and O–H groups in total. The zero-order valence-electron chi connectivity index (χ0n) is 9.83. The first kappa shape index (κ1) is 12.3. The van der Waals surface area contributed by atoms with Gasteiger partial charge in [-0.25, -0.2) is 0 Å². The van der Waals surface area contributed by atoms with Crippen LogP contribution in [-0.4, -0.2) is 12.6 Å². The summed E-state index contributed by atoms with van der Waals surface area (Å²) in [5.74, 6) is -0.288. The molecular weight excluding hydrogens is 202 g/mol. The summed E-state index contributed by atoms with van der Waals surface area (Å²) in [5, 5.41) is 9.03. The highest BCUT2D eigenvalue weighted by atomic mass is 16.5. The van der Waals surface area contributed by atoms with E-state index in [0.717, 1.165) is 16.7 Å². The first-order valence-corrected chi connectivity index (χ1v) is 5.24. The minimum atomic E-state index is -0.288. The fourth-order valence-electron chi connectivity index (χ4n) is 1.72. The van der Waals surface area contributed by atoms with Crippen molar-refractivity contribution >= 4 is 5.97 Å². The fraction of sp³-hybridized carbons (Fsp3) is 0.385. The van der Waals surface area contributed by atoms with E-state index in [-0.39, 0.29) is 12.4 Å². The molecule has 0 aliphatic rings. The van der Waals surface area contributed by atoms with Crippen molar-refractivity contribution in [3.8, 4) is 6.07 Å². The van der Waals surface area contributed by atoms with Crippen LogP contribution in [0.25, 0.3) is 0 Å². The van der Waals surface area contributed by atoms with E-state index in [2.05, 4.69) is 6.07 Å². The standard InChI is InChI=1S/C13H15NO2/c1-4-16-13(15)7-11-6-9(2)5-10(3)12(11)8-14/h5-6H,4,7H2,1-3H3. The molecule has 0 bridgehead atoms. The van der Waals surface area contributed by atoms with Crippen LogP contribution in [0.15, 0.2) is 12.1 Å². The predicted molar refractivity (Wildman–Crippen MR) is 61.0 cm³/mol. The third kappa shape index (κ3) is 2.83. The Kier molecular flexibility index (Phi) is 4.07.